The largest absolute Gasteiger partial charge is 0.508 e. The summed E-state index contributed by atoms with van der Waals surface area (Å²) in [6.07, 6.45) is 0. The maximum atomic E-state index is 10.8. The lowest BCUT2D eigenvalue weighted by Crippen LogP contribution is -2.29. The summed E-state index contributed by atoms with van der Waals surface area (Å²) in [5.41, 5.74) is 16.9. The average Bonchev–Trinajstić information content (AvgIpc) is 2.31. The molecule has 8 nitrogen and oxygen atoms in total. The Morgan fingerprint density at radius 3 is 2.29 bits per heavy atom. The van der Waals surface area contributed by atoms with Crippen LogP contribution in [0.1, 0.15) is 5.56 Å². The van der Waals surface area contributed by atoms with Crippen LogP contribution in [-0.2, 0) is 4.79 Å². The topological polar surface area (TPSA) is 143 Å². The molecule has 0 aromatic heterocycles. The molecule has 1 aromatic carbocycles. The highest BCUT2D eigenvalue weighted by atomic mass is 16.4. The number of nitrogens with zero attached hydrogens (tertiary/aromatic N) is 5. The molecule has 1 rings (SSSR count). The van der Waals surface area contributed by atoms with Crippen molar-refractivity contribution in [1.29, 1.82) is 0 Å². The molecule has 0 amide bonds. The van der Waals surface area contributed by atoms with E-state index in [4.69, 9.17) is 21.3 Å². The van der Waals surface area contributed by atoms with E-state index in [1.165, 1.54) is 24.3 Å². The second-order valence-corrected chi connectivity index (χ2v) is 2.98. The second kappa shape index (κ2) is 5.32. The molecule has 0 saturated heterocycles. The van der Waals surface area contributed by atoms with Crippen molar-refractivity contribution in [1.82, 2.24) is 0 Å². The van der Waals surface area contributed by atoms with Crippen LogP contribution in [-0.4, -0.2) is 32.7 Å². The van der Waals surface area contributed by atoms with Crippen LogP contribution < -0.4 is 0 Å². The summed E-state index contributed by atoms with van der Waals surface area (Å²) < 4.78 is 0. The molecule has 0 radical (unpaired) electrons. The van der Waals surface area contributed by atoms with Crippen molar-refractivity contribution < 1.29 is 19.8 Å². The van der Waals surface area contributed by atoms with Gasteiger partial charge in [0.2, 0.25) is 6.04 Å². The zero-order chi connectivity index (χ0) is 12.8. The van der Waals surface area contributed by atoms with Gasteiger partial charge >= 0.3 is 11.7 Å². The lowest BCUT2D eigenvalue weighted by atomic mass is 10.0. The molecule has 0 aliphatic rings. The van der Waals surface area contributed by atoms with Crippen LogP contribution in [0.2, 0.25) is 0 Å². The van der Waals surface area contributed by atoms with Crippen LogP contribution in [0.15, 0.2) is 29.4 Å². The van der Waals surface area contributed by atoms with Crippen LogP contribution in [0.25, 0.3) is 16.0 Å². The highest BCUT2D eigenvalue weighted by Gasteiger charge is 2.31. The lowest BCUT2D eigenvalue weighted by molar-refractivity contribution is -0.137. The molecule has 0 bridgehead atoms. The molecule has 1 atom stereocenters. The van der Waals surface area contributed by atoms with Crippen LogP contribution >= 0.6 is 0 Å². The van der Waals surface area contributed by atoms with Crippen molar-refractivity contribution in [3.8, 4) is 5.75 Å². The third kappa shape index (κ3) is 2.82. The molecule has 0 fully saturated rings. The van der Waals surface area contributed by atoms with E-state index in [9.17, 15) is 4.79 Å². The van der Waals surface area contributed by atoms with Crippen molar-refractivity contribution in [3.63, 3.8) is 0 Å². The van der Waals surface area contributed by atoms with Gasteiger partial charge in [0.05, 0.1) is 5.56 Å². The summed E-state index contributed by atoms with van der Waals surface area (Å²) in [6, 6.07) is 3.63. The summed E-state index contributed by atoms with van der Waals surface area (Å²) in [4.78, 5) is 16.0. The number of aromatic hydroxyl groups is 1. The Bertz CT molecular complexity index is 524. The zero-order valence-corrected chi connectivity index (χ0v) is 8.43. The number of carboxylic acids is 1. The van der Waals surface area contributed by atoms with Gasteiger partial charge in [0, 0.05) is 4.91 Å². The third-order valence-corrected chi connectivity index (χ3v) is 1.93. The predicted molar refractivity (Wildman–Crippen MR) is 56.4 cm³/mol. The van der Waals surface area contributed by atoms with Gasteiger partial charge in [0.25, 0.3) is 0 Å². The van der Waals surface area contributed by atoms with E-state index in [1.807, 2.05) is 0 Å². The van der Waals surface area contributed by atoms with Crippen molar-refractivity contribution in [3.05, 3.63) is 45.8 Å². The van der Waals surface area contributed by atoms with Gasteiger partial charge in [-0.2, -0.15) is 4.79 Å². The Morgan fingerprint density at radius 2 is 1.88 bits per heavy atom. The number of hydrogen-bond acceptors (Lipinski definition) is 3. The van der Waals surface area contributed by atoms with Gasteiger partial charge in [-0.25, -0.2) is 0 Å². The molecule has 8 heteroatoms. The van der Waals surface area contributed by atoms with E-state index < -0.39 is 12.0 Å². The Balaban J connectivity index is 3.23. The number of phenols is 1. The van der Waals surface area contributed by atoms with Gasteiger partial charge in [0.15, 0.2) is 0 Å². The van der Waals surface area contributed by atoms with Crippen molar-refractivity contribution in [2.45, 2.75) is 6.04 Å². The number of hydrogen-bond donors (Lipinski definition) is 2. The average molecular weight is 233 g/mol. The summed E-state index contributed by atoms with van der Waals surface area (Å²) in [6.45, 7) is 0. The quantitative estimate of drug-likeness (QED) is 0.348. The van der Waals surface area contributed by atoms with Crippen LogP contribution in [0, 0.1) is 0 Å². The van der Waals surface area contributed by atoms with Gasteiger partial charge in [-0.3, -0.25) is 4.79 Å². The number of carboxylic acid groups (broad SMARTS) is 1. The van der Waals surface area contributed by atoms with E-state index in [0.717, 1.165) is 0 Å². The Labute approximate surface area is 95.0 Å². The van der Waals surface area contributed by atoms with Crippen LogP contribution in [0.4, 0.5) is 0 Å². The first-order chi connectivity index (χ1) is 8.10. The summed E-state index contributed by atoms with van der Waals surface area (Å²) >= 11 is 0. The highest BCUT2D eigenvalue weighted by molar-refractivity contribution is 6.11. The van der Waals surface area contributed by atoms with Crippen molar-refractivity contribution >= 4 is 11.7 Å². The molecule has 0 spiro atoms. The fourth-order valence-corrected chi connectivity index (χ4v) is 1.18. The normalized spacial score (nSPS) is 10.8. The first-order valence-electron chi connectivity index (χ1n) is 4.38. The Kier molecular flexibility index (Phi) is 3.83. The smallest absolute Gasteiger partial charge is 0.324 e. The monoisotopic (exact) mass is 233 g/mol. The molecule has 2 N–H and O–H groups in total. The van der Waals surface area contributed by atoms with Crippen LogP contribution in [0.5, 0.6) is 5.75 Å². The minimum Gasteiger partial charge on any atom is -0.508 e. The molecule has 17 heavy (non-hydrogen) atoms. The van der Waals surface area contributed by atoms with Crippen LogP contribution in [0.3, 0.4) is 0 Å². The molecular formula is C9H7N5O3. The van der Waals surface area contributed by atoms with Gasteiger partial charge in [-0.05, 0) is 29.8 Å². The first-order valence-corrected chi connectivity index (χ1v) is 4.38. The molecule has 86 valence electrons. The van der Waals surface area contributed by atoms with Crippen molar-refractivity contribution in [2.75, 3.05) is 0 Å². The van der Waals surface area contributed by atoms with Crippen molar-refractivity contribution in [2.24, 2.45) is 5.11 Å². The zero-order valence-electron chi connectivity index (χ0n) is 8.43. The van der Waals surface area contributed by atoms with Gasteiger partial charge in [0.1, 0.15) is 5.75 Å². The van der Waals surface area contributed by atoms with E-state index in [-0.39, 0.29) is 17.0 Å². The molecule has 1 aromatic rings. The van der Waals surface area contributed by atoms with E-state index in [0.29, 0.717) is 0 Å². The molecule has 0 saturated carbocycles. The number of benzene rings is 1. The standard InChI is InChI=1S/C9H7N5O3/c10-12-7(8(9(16)17)13-14-11)5-1-3-6(15)4-2-5/h1-4,8,15H,(H,16,17)/t8-/m0/s1. The number of azide groups is 1. The maximum Gasteiger partial charge on any atom is 0.324 e. The third-order valence-electron chi connectivity index (χ3n) is 1.93. The number of carbonyl (C=O) groups is 1. The summed E-state index contributed by atoms with van der Waals surface area (Å²) in [5, 5.41) is 20.9. The Morgan fingerprint density at radius 1 is 1.29 bits per heavy atom. The fourth-order valence-electron chi connectivity index (χ4n) is 1.18. The number of phenolic OH excluding ortho intramolecular Hbond substituents is 1. The highest BCUT2D eigenvalue weighted by Crippen LogP contribution is 2.12. The molecule has 0 aliphatic carbocycles. The minimum absolute atomic E-state index is 0.0262. The van der Waals surface area contributed by atoms with Gasteiger partial charge in [-0.15, -0.1) is 0 Å². The lowest BCUT2D eigenvalue weighted by Gasteiger charge is -2.01. The number of rotatable bonds is 4. The first kappa shape index (κ1) is 12.3. The molecular weight excluding hydrogens is 226 g/mol. The second-order valence-electron chi connectivity index (χ2n) is 2.98. The minimum atomic E-state index is -1.63. The van der Waals surface area contributed by atoms with E-state index in [2.05, 4.69) is 14.8 Å². The molecule has 0 aliphatic heterocycles. The summed E-state index contributed by atoms with van der Waals surface area (Å²) in [5.74, 6) is -1.47. The van der Waals surface area contributed by atoms with Gasteiger partial charge in [-0.1, -0.05) is 5.11 Å². The summed E-state index contributed by atoms with van der Waals surface area (Å²) in [7, 11) is 0. The predicted octanol–water partition coefficient (Wildman–Crippen LogP) is 1.17. The van der Waals surface area contributed by atoms with E-state index >= 15 is 0 Å². The van der Waals surface area contributed by atoms with Gasteiger partial charge < -0.3 is 15.7 Å². The molecule has 0 heterocycles. The SMILES string of the molecule is [N-]=[N+]=N[C@H](C(=O)O)C(=[N+]=[N-])c1ccc(O)cc1. The Hall–Kier alpha value is -2.82. The molecule has 0 unspecified atom stereocenters. The number of aliphatic carboxylic acids is 1. The van der Waals surface area contributed by atoms with E-state index in [1.54, 1.807) is 0 Å². The maximum absolute atomic E-state index is 10.8. The fraction of sp³-hybridized carbons (Fsp3) is 0.111.